The third kappa shape index (κ3) is 4.62. The van der Waals surface area contributed by atoms with Gasteiger partial charge in [0.25, 0.3) is 11.6 Å². The highest BCUT2D eigenvalue weighted by molar-refractivity contribution is 5.96. The number of nitro groups is 1. The maximum atomic E-state index is 12.8. The van der Waals surface area contributed by atoms with Crippen LogP contribution >= 0.6 is 0 Å². The third-order valence-corrected chi connectivity index (χ3v) is 5.81. The lowest BCUT2D eigenvalue weighted by molar-refractivity contribution is -0.384. The number of aryl methyl sites for hydroxylation is 2. The molecule has 33 heavy (non-hydrogen) atoms. The average molecular weight is 448 g/mol. The number of aromatic nitrogens is 2. The number of nitrogens with zero attached hydrogens (tertiary/aromatic N) is 4. The first-order chi connectivity index (χ1) is 15.8. The highest BCUT2D eigenvalue weighted by Gasteiger charge is 2.25. The van der Waals surface area contributed by atoms with Gasteiger partial charge in [0.2, 0.25) is 0 Å². The number of non-ortho nitro benzene ring substituents is 1. The lowest BCUT2D eigenvalue weighted by Gasteiger charge is -2.29. The van der Waals surface area contributed by atoms with Crippen LogP contribution in [0.15, 0.2) is 48.5 Å². The van der Waals surface area contributed by atoms with Gasteiger partial charge in [-0.2, -0.15) is 5.10 Å². The van der Waals surface area contributed by atoms with E-state index in [9.17, 15) is 19.7 Å². The number of carbonyl (C=O) groups excluding carboxylic acids is 2. The molecule has 4 rings (SSSR count). The van der Waals surface area contributed by atoms with Gasteiger partial charge in [-0.3, -0.25) is 19.7 Å². The van der Waals surface area contributed by atoms with Gasteiger partial charge in [-0.25, -0.2) is 4.68 Å². The fourth-order valence-corrected chi connectivity index (χ4v) is 4.12. The summed E-state index contributed by atoms with van der Waals surface area (Å²) in [6.45, 7) is 3.82. The number of nitro benzene ring substituents is 1. The highest BCUT2D eigenvalue weighted by Crippen LogP contribution is 2.30. The average Bonchev–Trinajstić information content (AvgIpc) is 3.10. The molecule has 0 N–H and O–H groups in total. The van der Waals surface area contributed by atoms with Gasteiger partial charge in [0.1, 0.15) is 0 Å². The molecule has 1 aliphatic heterocycles. The molecular formula is C24H24N4O5. The van der Waals surface area contributed by atoms with Gasteiger partial charge in [0.15, 0.2) is 6.61 Å². The molecule has 0 unspecified atom stereocenters. The molecule has 2 aromatic carbocycles. The number of rotatable bonds is 6. The van der Waals surface area contributed by atoms with Crippen molar-refractivity contribution in [1.29, 1.82) is 0 Å². The molecule has 0 spiro atoms. The number of hydrogen-bond acceptors (Lipinski definition) is 6. The van der Waals surface area contributed by atoms with Crippen LogP contribution in [0.2, 0.25) is 0 Å². The molecule has 0 aliphatic carbocycles. The maximum absolute atomic E-state index is 12.8. The Morgan fingerprint density at radius 1 is 1.15 bits per heavy atom. The molecule has 0 bridgehead atoms. The van der Waals surface area contributed by atoms with Gasteiger partial charge in [0, 0.05) is 35.6 Å². The Morgan fingerprint density at radius 3 is 2.64 bits per heavy atom. The monoisotopic (exact) mass is 448 g/mol. The Balaban J connectivity index is 1.41. The predicted molar refractivity (Wildman–Crippen MR) is 121 cm³/mol. The van der Waals surface area contributed by atoms with Crippen LogP contribution in [0.25, 0.3) is 5.69 Å². The van der Waals surface area contributed by atoms with E-state index < -0.39 is 10.9 Å². The molecule has 2 heterocycles. The minimum absolute atomic E-state index is 0.00346. The van der Waals surface area contributed by atoms with E-state index in [-0.39, 0.29) is 24.6 Å². The van der Waals surface area contributed by atoms with Crippen LogP contribution in [-0.4, -0.2) is 39.7 Å². The second kappa shape index (κ2) is 9.23. The van der Waals surface area contributed by atoms with E-state index in [0.717, 1.165) is 28.2 Å². The number of fused-ring (bicyclic) bond motifs is 1. The summed E-state index contributed by atoms with van der Waals surface area (Å²) in [6, 6.07) is 14.1. The minimum atomic E-state index is -0.511. The number of ether oxygens (including phenoxy) is 1. The summed E-state index contributed by atoms with van der Waals surface area (Å²) in [6.07, 6.45) is 1.36. The first-order valence-corrected chi connectivity index (χ1v) is 10.7. The number of amides is 1. The SMILES string of the molecule is Cc1nn(-c2ccccc2)c(C)c1CC(=O)OCC(=O)N1CCCc2cc([N+](=O)[O-])ccc21. The summed E-state index contributed by atoms with van der Waals surface area (Å²) < 4.78 is 7.07. The Morgan fingerprint density at radius 2 is 1.91 bits per heavy atom. The van der Waals surface area contributed by atoms with Crippen molar-refractivity contribution >= 4 is 23.3 Å². The molecule has 170 valence electrons. The van der Waals surface area contributed by atoms with E-state index in [2.05, 4.69) is 5.10 Å². The van der Waals surface area contributed by atoms with Crippen molar-refractivity contribution in [2.45, 2.75) is 33.1 Å². The van der Waals surface area contributed by atoms with Gasteiger partial charge in [-0.1, -0.05) is 18.2 Å². The summed E-state index contributed by atoms with van der Waals surface area (Å²) in [7, 11) is 0. The number of anilines is 1. The number of benzene rings is 2. The van der Waals surface area contributed by atoms with Crippen LogP contribution in [0.3, 0.4) is 0 Å². The van der Waals surface area contributed by atoms with Crippen LogP contribution in [0.4, 0.5) is 11.4 Å². The molecule has 1 aliphatic rings. The predicted octanol–water partition coefficient (Wildman–Crippen LogP) is 3.46. The zero-order chi connectivity index (χ0) is 23.5. The Kier molecular flexibility index (Phi) is 6.21. The number of hydrogen-bond donors (Lipinski definition) is 0. The van der Waals surface area contributed by atoms with Gasteiger partial charge in [0.05, 0.1) is 22.7 Å². The van der Waals surface area contributed by atoms with Gasteiger partial charge in [-0.05, 0) is 50.5 Å². The van der Waals surface area contributed by atoms with Gasteiger partial charge >= 0.3 is 5.97 Å². The molecule has 0 radical (unpaired) electrons. The molecular weight excluding hydrogens is 424 g/mol. The molecule has 9 heteroatoms. The van der Waals surface area contributed by atoms with E-state index in [1.165, 1.54) is 17.0 Å². The first kappa shape index (κ1) is 22.2. The van der Waals surface area contributed by atoms with Crippen molar-refractivity contribution in [2.24, 2.45) is 0 Å². The van der Waals surface area contributed by atoms with E-state index in [1.807, 2.05) is 44.2 Å². The first-order valence-electron chi connectivity index (χ1n) is 10.7. The number of carbonyl (C=O) groups is 2. The summed E-state index contributed by atoms with van der Waals surface area (Å²) in [4.78, 5) is 37.4. The largest absolute Gasteiger partial charge is 0.455 e. The van der Waals surface area contributed by atoms with Crippen molar-refractivity contribution in [3.8, 4) is 5.69 Å². The van der Waals surface area contributed by atoms with Gasteiger partial charge < -0.3 is 9.64 Å². The molecule has 1 amide bonds. The van der Waals surface area contributed by atoms with Crippen LogP contribution in [0.1, 0.15) is 28.9 Å². The smallest absolute Gasteiger partial charge is 0.310 e. The molecule has 9 nitrogen and oxygen atoms in total. The van der Waals surface area contributed by atoms with Crippen LogP contribution < -0.4 is 4.90 Å². The summed E-state index contributed by atoms with van der Waals surface area (Å²) in [5, 5.41) is 15.6. The van der Waals surface area contributed by atoms with E-state index in [0.29, 0.717) is 25.1 Å². The molecule has 0 atom stereocenters. The fourth-order valence-electron chi connectivity index (χ4n) is 4.12. The van der Waals surface area contributed by atoms with Crippen molar-refractivity contribution in [2.75, 3.05) is 18.1 Å². The second-order valence-corrected chi connectivity index (χ2v) is 7.95. The summed E-state index contributed by atoms with van der Waals surface area (Å²) in [5.74, 6) is -0.866. The Labute approximate surface area is 190 Å². The Hall–Kier alpha value is -4.01. The van der Waals surface area contributed by atoms with Crippen LogP contribution in [0.5, 0.6) is 0 Å². The van der Waals surface area contributed by atoms with E-state index in [1.54, 1.807) is 10.7 Å². The number of para-hydroxylation sites is 1. The molecule has 0 saturated heterocycles. The summed E-state index contributed by atoms with van der Waals surface area (Å²) in [5.41, 5.74) is 4.61. The second-order valence-electron chi connectivity index (χ2n) is 7.95. The third-order valence-electron chi connectivity index (χ3n) is 5.81. The van der Waals surface area contributed by atoms with Crippen molar-refractivity contribution in [3.05, 3.63) is 81.2 Å². The summed E-state index contributed by atoms with van der Waals surface area (Å²) >= 11 is 0. The Bertz CT molecular complexity index is 1220. The normalized spacial score (nSPS) is 12.8. The van der Waals surface area contributed by atoms with Crippen molar-refractivity contribution in [3.63, 3.8) is 0 Å². The van der Waals surface area contributed by atoms with Crippen molar-refractivity contribution in [1.82, 2.24) is 9.78 Å². The zero-order valence-corrected chi connectivity index (χ0v) is 18.5. The highest BCUT2D eigenvalue weighted by atomic mass is 16.6. The molecule has 0 fully saturated rings. The van der Waals surface area contributed by atoms with Crippen LogP contribution in [0, 0.1) is 24.0 Å². The van der Waals surface area contributed by atoms with Crippen molar-refractivity contribution < 1.29 is 19.2 Å². The minimum Gasteiger partial charge on any atom is -0.455 e. The number of esters is 1. The fraction of sp³-hybridized carbons (Fsp3) is 0.292. The zero-order valence-electron chi connectivity index (χ0n) is 18.5. The molecule has 3 aromatic rings. The molecule has 1 aromatic heterocycles. The van der Waals surface area contributed by atoms with E-state index in [4.69, 9.17) is 4.74 Å². The quantitative estimate of drug-likeness (QED) is 0.325. The van der Waals surface area contributed by atoms with E-state index >= 15 is 0 Å². The maximum Gasteiger partial charge on any atom is 0.310 e. The van der Waals surface area contributed by atoms with Crippen LogP contribution in [-0.2, 0) is 27.2 Å². The lowest BCUT2D eigenvalue weighted by Crippen LogP contribution is -2.38. The molecule has 0 saturated carbocycles. The van der Waals surface area contributed by atoms with Gasteiger partial charge in [-0.15, -0.1) is 0 Å². The lowest BCUT2D eigenvalue weighted by atomic mass is 10.0. The standard InChI is InChI=1S/C24H24N4O5/c1-16-21(17(2)27(25-16)19-8-4-3-5-9-19)14-24(30)33-15-23(29)26-12-6-7-18-13-20(28(31)32)10-11-22(18)26/h3-5,8-11,13H,6-7,12,14-15H2,1-2H3. The topological polar surface area (TPSA) is 108 Å².